The largest absolute Gasteiger partial charge is 0.493 e. The third-order valence-corrected chi connectivity index (χ3v) is 3.71. The maximum atomic E-state index is 10.4. The Labute approximate surface area is 141 Å². The average molecular weight is 334 g/mol. The second-order valence-electron chi connectivity index (χ2n) is 5.44. The van der Waals surface area contributed by atoms with E-state index < -0.39 is 0 Å². The molecule has 0 saturated heterocycles. The molecule has 6 nitrogen and oxygen atoms in total. The van der Waals surface area contributed by atoms with Crippen molar-refractivity contribution in [3.8, 4) is 5.88 Å². The van der Waals surface area contributed by atoms with Crippen molar-refractivity contribution < 1.29 is 9.84 Å². The summed E-state index contributed by atoms with van der Waals surface area (Å²) in [5.74, 6) is 0.101. The minimum atomic E-state index is 0.0410. The van der Waals surface area contributed by atoms with E-state index >= 15 is 0 Å². The Morgan fingerprint density at radius 1 is 1.48 bits per heavy atom. The summed E-state index contributed by atoms with van der Waals surface area (Å²) in [6.07, 6.45) is 0. The van der Waals surface area contributed by atoms with Crippen LogP contribution in [-0.4, -0.2) is 34.5 Å². The van der Waals surface area contributed by atoms with Crippen LogP contribution >= 0.6 is 12.2 Å². The molecule has 0 aliphatic rings. The Morgan fingerprint density at radius 3 is 2.87 bits per heavy atom. The fourth-order valence-corrected chi connectivity index (χ4v) is 2.72. The number of ether oxygens (including phenoxy) is 1. The highest BCUT2D eigenvalue weighted by Gasteiger charge is 2.16. The number of benzene rings is 1. The molecular formula is C16H22N4O2S. The molecule has 0 bridgehead atoms. The molecular weight excluding hydrogens is 312 g/mol. The lowest BCUT2D eigenvalue weighted by Crippen LogP contribution is -2.33. The van der Waals surface area contributed by atoms with Crippen LogP contribution in [0, 0.1) is 6.92 Å². The number of hydrogen-bond donors (Lipinski definition) is 2. The second kappa shape index (κ2) is 7.52. The fraction of sp³-hybridized carbons (Fsp3) is 0.438. The van der Waals surface area contributed by atoms with Crippen LogP contribution < -0.4 is 5.32 Å². The number of aromatic nitrogens is 1. The van der Waals surface area contributed by atoms with Crippen molar-refractivity contribution in [3.05, 3.63) is 23.8 Å². The number of azo groups is 1. The first-order chi connectivity index (χ1) is 11.0. The second-order valence-corrected chi connectivity index (χ2v) is 5.83. The molecule has 2 rings (SSSR count). The molecule has 1 heterocycles. The SMILES string of the molecule is CCn1c(O)c(N=NC(=S)N[C@@H](C)COC)c2cc(C)ccc21. The predicted molar refractivity (Wildman–Crippen MR) is 95.6 cm³/mol. The summed E-state index contributed by atoms with van der Waals surface area (Å²) >= 11 is 5.16. The average Bonchev–Trinajstić information content (AvgIpc) is 2.75. The van der Waals surface area contributed by atoms with Gasteiger partial charge in [-0.15, -0.1) is 10.2 Å². The smallest absolute Gasteiger partial charge is 0.220 e. The first-order valence-corrected chi connectivity index (χ1v) is 7.91. The van der Waals surface area contributed by atoms with Crippen LogP contribution in [0.15, 0.2) is 28.4 Å². The number of thiocarbonyl (C=S) groups is 1. The molecule has 0 aliphatic carbocycles. The van der Waals surface area contributed by atoms with E-state index in [0.717, 1.165) is 16.5 Å². The number of fused-ring (bicyclic) bond motifs is 1. The molecule has 1 atom stereocenters. The van der Waals surface area contributed by atoms with Gasteiger partial charge in [0.25, 0.3) is 0 Å². The lowest BCUT2D eigenvalue weighted by Gasteiger charge is -2.11. The fourth-order valence-electron chi connectivity index (χ4n) is 2.48. The first-order valence-electron chi connectivity index (χ1n) is 7.50. The number of aryl methyl sites for hydroxylation is 2. The van der Waals surface area contributed by atoms with E-state index in [0.29, 0.717) is 18.8 Å². The normalized spacial score (nSPS) is 12.9. The molecule has 0 spiro atoms. The van der Waals surface area contributed by atoms with Crippen molar-refractivity contribution in [1.29, 1.82) is 0 Å². The number of hydrogen-bond acceptors (Lipinski definition) is 4. The zero-order valence-electron chi connectivity index (χ0n) is 13.8. The van der Waals surface area contributed by atoms with Crippen molar-refractivity contribution in [3.63, 3.8) is 0 Å². The van der Waals surface area contributed by atoms with Crippen LogP contribution in [0.2, 0.25) is 0 Å². The Balaban J connectivity index is 2.32. The Hall–Kier alpha value is -1.99. The Morgan fingerprint density at radius 2 is 2.22 bits per heavy atom. The van der Waals surface area contributed by atoms with Crippen LogP contribution in [0.4, 0.5) is 5.69 Å². The van der Waals surface area contributed by atoms with Crippen molar-refractivity contribution >= 4 is 33.9 Å². The third kappa shape index (κ3) is 3.86. The van der Waals surface area contributed by atoms with E-state index in [9.17, 15) is 5.11 Å². The monoisotopic (exact) mass is 334 g/mol. The molecule has 1 aromatic carbocycles. The van der Waals surface area contributed by atoms with E-state index in [4.69, 9.17) is 17.0 Å². The molecule has 0 unspecified atom stereocenters. The summed E-state index contributed by atoms with van der Waals surface area (Å²) in [4.78, 5) is 0. The maximum absolute atomic E-state index is 10.4. The van der Waals surface area contributed by atoms with Crippen LogP contribution in [0.3, 0.4) is 0 Å². The standard InChI is InChI=1S/C16H22N4O2S/c1-5-20-13-7-6-10(2)8-12(13)14(15(20)21)18-19-16(23)17-11(3)9-22-4/h6-8,11,21H,5,9H2,1-4H3,(H,17,23)/t11-/m0/s1. The summed E-state index contributed by atoms with van der Waals surface area (Å²) in [5.41, 5.74) is 2.46. The number of nitrogens with one attached hydrogen (secondary N) is 1. The molecule has 0 radical (unpaired) electrons. The van der Waals surface area contributed by atoms with Crippen molar-refractivity contribution in [2.24, 2.45) is 10.2 Å². The van der Waals surface area contributed by atoms with Gasteiger partial charge in [0.05, 0.1) is 12.1 Å². The highest BCUT2D eigenvalue weighted by Crippen LogP contribution is 2.39. The summed E-state index contributed by atoms with van der Waals surface area (Å²) in [6, 6.07) is 6.01. The van der Waals surface area contributed by atoms with E-state index in [1.165, 1.54) is 0 Å². The quantitative estimate of drug-likeness (QED) is 0.646. The van der Waals surface area contributed by atoms with Crippen LogP contribution in [0.25, 0.3) is 10.9 Å². The minimum Gasteiger partial charge on any atom is -0.493 e. The molecule has 2 aromatic rings. The highest BCUT2D eigenvalue weighted by atomic mass is 32.1. The van der Waals surface area contributed by atoms with Gasteiger partial charge >= 0.3 is 0 Å². The van der Waals surface area contributed by atoms with Crippen molar-refractivity contribution in [1.82, 2.24) is 9.88 Å². The zero-order valence-corrected chi connectivity index (χ0v) is 14.6. The lowest BCUT2D eigenvalue weighted by molar-refractivity contribution is 0.179. The van der Waals surface area contributed by atoms with Gasteiger partial charge in [-0.05, 0) is 45.1 Å². The van der Waals surface area contributed by atoms with Gasteiger partial charge in [0.2, 0.25) is 11.0 Å². The molecule has 7 heteroatoms. The number of rotatable bonds is 5. The van der Waals surface area contributed by atoms with E-state index in [1.54, 1.807) is 11.7 Å². The molecule has 2 N–H and O–H groups in total. The first kappa shape index (κ1) is 17.4. The molecule has 0 aliphatic heterocycles. The van der Waals surface area contributed by atoms with Gasteiger partial charge in [0, 0.05) is 25.1 Å². The molecule has 0 saturated carbocycles. The molecule has 23 heavy (non-hydrogen) atoms. The molecule has 1 aromatic heterocycles. The number of methoxy groups -OCH3 is 1. The van der Waals surface area contributed by atoms with Gasteiger partial charge in [-0.1, -0.05) is 11.6 Å². The zero-order chi connectivity index (χ0) is 17.0. The Bertz CT molecular complexity index is 739. The minimum absolute atomic E-state index is 0.0410. The number of aromatic hydroxyl groups is 1. The highest BCUT2D eigenvalue weighted by molar-refractivity contribution is 7.80. The molecule has 124 valence electrons. The van der Waals surface area contributed by atoms with Gasteiger partial charge in [-0.2, -0.15) is 0 Å². The topological polar surface area (TPSA) is 71.1 Å². The van der Waals surface area contributed by atoms with Gasteiger partial charge < -0.3 is 19.7 Å². The summed E-state index contributed by atoms with van der Waals surface area (Å²) in [5, 5.41) is 22.7. The summed E-state index contributed by atoms with van der Waals surface area (Å²) < 4.78 is 6.84. The van der Waals surface area contributed by atoms with Gasteiger partial charge in [-0.3, -0.25) is 0 Å². The third-order valence-electron chi connectivity index (χ3n) is 3.51. The van der Waals surface area contributed by atoms with Gasteiger partial charge in [-0.25, -0.2) is 0 Å². The van der Waals surface area contributed by atoms with Crippen LogP contribution in [0.1, 0.15) is 19.4 Å². The predicted octanol–water partition coefficient (Wildman–Crippen LogP) is 3.67. The molecule has 0 amide bonds. The van der Waals surface area contributed by atoms with E-state index in [1.807, 2.05) is 39.0 Å². The summed E-state index contributed by atoms with van der Waals surface area (Å²) in [6.45, 7) is 7.08. The van der Waals surface area contributed by atoms with Crippen molar-refractivity contribution in [2.75, 3.05) is 13.7 Å². The van der Waals surface area contributed by atoms with Crippen LogP contribution in [-0.2, 0) is 11.3 Å². The molecule has 0 fully saturated rings. The Kier molecular flexibility index (Phi) is 5.68. The number of nitrogens with zero attached hydrogens (tertiary/aromatic N) is 3. The van der Waals surface area contributed by atoms with Gasteiger partial charge in [0.1, 0.15) is 0 Å². The van der Waals surface area contributed by atoms with E-state index in [2.05, 4.69) is 15.5 Å². The van der Waals surface area contributed by atoms with E-state index in [-0.39, 0.29) is 17.0 Å². The summed E-state index contributed by atoms with van der Waals surface area (Å²) in [7, 11) is 1.63. The maximum Gasteiger partial charge on any atom is 0.220 e. The van der Waals surface area contributed by atoms with Gasteiger partial charge in [0.15, 0.2) is 5.69 Å². The lowest BCUT2D eigenvalue weighted by atomic mass is 10.1. The van der Waals surface area contributed by atoms with Crippen molar-refractivity contribution in [2.45, 2.75) is 33.4 Å². The van der Waals surface area contributed by atoms with Crippen LogP contribution in [0.5, 0.6) is 5.88 Å².